The van der Waals surface area contributed by atoms with Gasteiger partial charge in [0.2, 0.25) is 5.91 Å². The van der Waals surface area contributed by atoms with E-state index < -0.39 is 18.2 Å². The standard InChI is InChI=1S/C26H30N2O6/c29-23(25(31)32)12-13-27-24(30)16-6-5-7-17(14-16)28-26(33)34-15-22-20-10-3-1-8-18(20)19-9-2-4-11-21(19)22/h1-4,8-11,16-17,22-23,29H,5-7,12-15H2,(H,27,30)(H,28,33)(H,31,32)/t16-,17+,23-/m0/s1. The number of carboxylic acids is 1. The Morgan fingerprint density at radius 2 is 1.65 bits per heavy atom. The monoisotopic (exact) mass is 466 g/mol. The van der Waals surface area contributed by atoms with Gasteiger partial charge in [-0.2, -0.15) is 0 Å². The lowest BCUT2D eigenvalue weighted by molar-refractivity contribution is -0.147. The van der Waals surface area contributed by atoms with Gasteiger partial charge < -0.3 is 25.6 Å². The van der Waals surface area contributed by atoms with E-state index in [0.29, 0.717) is 12.8 Å². The molecule has 0 radical (unpaired) electrons. The van der Waals surface area contributed by atoms with Crippen LogP contribution in [0.2, 0.25) is 0 Å². The number of amides is 2. The molecular weight excluding hydrogens is 436 g/mol. The zero-order valence-corrected chi connectivity index (χ0v) is 18.9. The van der Waals surface area contributed by atoms with Crippen LogP contribution >= 0.6 is 0 Å². The first kappa shape index (κ1) is 23.8. The Balaban J connectivity index is 1.27. The Hall–Kier alpha value is -3.39. The van der Waals surface area contributed by atoms with Crippen molar-refractivity contribution in [3.05, 3.63) is 59.7 Å². The fourth-order valence-electron chi connectivity index (χ4n) is 4.97. The van der Waals surface area contributed by atoms with E-state index in [1.165, 1.54) is 11.1 Å². The van der Waals surface area contributed by atoms with Crippen LogP contribution in [-0.4, -0.2) is 53.5 Å². The molecule has 2 aliphatic carbocycles. The molecule has 2 aromatic rings. The van der Waals surface area contributed by atoms with Crippen molar-refractivity contribution in [2.75, 3.05) is 13.2 Å². The summed E-state index contributed by atoms with van der Waals surface area (Å²) in [6.07, 6.45) is 0.742. The number of fused-ring (bicyclic) bond motifs is 3. The first-order chi connectivity index (χ1) is 16.4. The summed E-state index contributed by atoms with van der Waals surface area (Å²) in [7, 11) is 0. The molecule has 0 aromatic heterocycles. The highest BCUT2D eigenvalue weighted by atomic mass is 16.5. The number of alkyl carbamates (subject to hydrolysis) is 1. The van der Waals surface area contributed by atoms with E-state index in [-0.39, 0.29) is 43.4 Å². The van der Waals surface area contributed by atoms with Gasteiger partial charge in [-0.15, -0.1) is 0 Å². The second kappa shape index (κ2) is 10.7. The number of carbonyl (C=O) groups is 3. The van der Waals surface area contributed by atoms with Crippen molar-refractivity contribution in [3.8, 4) is 11.1 Å². The number of aliphatic carboxylic acids is 1. The molecule has 8 nitrogen and oxygen atoms in total. The van der Waals surface area contributed by atoms with Gasteiger partial charge >= 0.3 is 12.1 Å². The molecule has 2 aliphatic rings. The van der Waals surface area contributed by atoms with Crippen molar-refractivity contribution in [2.24, 2.45) is 5.92 Å². The topological polar surface area (TPSA) is 125 Å². The summed E-state index contributed by atoms with van der Waals surface area (Å²) in [6, 6.07) is 16.2. The van der Waals surface area contributed by atoms with Gasteiger partial charge in [0.25, 0.3) is 0 Å². The van der Waals surface area contributed by atoms with Gasteiger partial charge in [-0.05, 0) is 41.5 Å². The average molecular weight is 467 g/mol. The van der Waals surface area contributed by atoms with Gasteiger partial charge in [0.1, 0.15) is 6.61 Å². The molecule has 4 rings (SSSR count). The van der Waals surface area contributed by atoms with Crippen LogP contribution in [0.4, 0.5) is 4.79 Å². The molecule has 4 N–H and O–H groups in total. The van der Waals surface area contributed by atoms with Crippen LogP contribution < -0.4 is 10.6 Å². The number of aliphatic hydroxyl groups excluding tert-OH is 1. The zero-order chi connectivity index (χ0) is 24.1. The van der Waals surface area contributed by atoms with Gasteiger partial charge in [0.15, 0.2) is 6.10 Å². The molecule has 180 valence electrons. The quantitative estimate of drug-likeness (QED) is 0.474. The number of ether oxygens (including phenoxy) is 1. The van der Waals surface area contributed by atoms with Crippen LogP contribution in [0.15, 0.2) is 48.5 Å². The number of benzene rings is 2. The van der Waals surface area contributed by atoms with Crippen molar-refractivity contribution in [3.63, 3.8) is 0 Å². The van der Waals surface area contributed by atoms with E-state index in [1.807, 2.05) is 24.3 Å². The average Bonchev–Trinajstić information content (AvgIpc) is 3.16. The summed E-state index contributed by atoms with van der Waals surface area (Å²) in [5.74, 6) is -1.77. The van der Waals surface area contributed by atoms with Crippen LogP contribution in [0.1, 0.15) is 49.1 Å². The number of hydrogen-bond donors (Lipinski definition) is 4. The van der Waals surface area contributed by atoms with Crippen LogP contribution in [0.5, 0.6) is 0 Å². The number of carbonyl (C=O) groups excluding carboxylic acids is 2. The van der Waals surface area contributed by atoms with Crippen LogP contribution in [-0.2, 0) is 14.3 Å². The van der Waals surface area contributed by atoms with E-state index >= 15 is 0 Å². The number of rotatable bonds is 8. The SMILES string of the molecule is O=C(N[C@@H]1CCC[C@H](C(=O)NCC[C@H](O)C(=O)O)C1)OCC1c2ccccc2-c2ccccc21. The fourth-order valence-corrected chi connectivity index (χ4v) is 4.97. The predicted octanol–water partition coefficient (Wildman–Crippen LogP) is 3.04. The third kappa shape index (κ3) is 5.39. The molecule has 0 heterocycles. The van der Waals surface area contributed by atoms with E-state index in [0.717, 1.165) is 24.0 Å². The van der Waals surface area contributed by atoms with Crippen molar-refractivity contribution < 1.29 is 29.3 Å². The third-order valence-corrected chi connectivity index (χ3v) is 6.71. The molecule has 0 spiro atoms. The van der Waals surface area contributed by atoms with Crippen LogP contribution in [0.3, 0.4) is 0 Å². The number of nitrogens with one attached hydrogen (secondary N) is 2. The molecule has 2 amide bonds. The minimum absolute atomic E-state index is 0.0100. The van der Waals surface area contributed by atoms with E-state index in [2.05, 4.69) is 34.9 Å². The summed E-state index contributed by atoms with van der Waals surface area (Å²) in [5, 5.41) is 23.6. The van der Waals surface area contributed by atoms with Gasteiger partial charge in [0, 0.05) is 30.8 Å². The zero-order valence-electron chi connectivity index (χ0n) is 18.9. The Morgan fingerprint density at radius 3 is 2.29 bits per heavy atom. The Labute approximate surface area is 198 Å². The molecule has 3 atom stereocenters. The highest BCUT2D eigenvalue weighted by molar-refractivity contribution is 5.80. The Bertz CT molecular complexity index is 1010. The predicted molar refractivity (Wildman–Crippen MR) is 125 cm³/mol. The largest absolute Gasteiger partial charge is 0.479 e. The van der Waals surface area contributed by atoms with E-state index in [9.17, 15) is 19.5 Å². The molecule has 0 bridgehead atoms. The minimum Gasteiger partial charge on any atom is -0.479 e. The van der Waals surface area contributed by atoms with Gasteiger partial charge in [-0.3, -0.25) is 4.79 Å². The van der Waals surface area contributed by atoms with Gasteiger partial charge in [-0.25, -0.2) is 9.59 Å². The van der Waals surface area contributed by atoms with Gasteiger partial charge in [0.05, 0.1) is 0 Å². The van der Waals surface area contributed by atoms with Crippen molar-refractivity contribution in [2.45, 2.75) is 50.2 Å². The molecule has 8 heteroatoms. The molecule has 1 fully saturated rings. The lowest BCUT2D eigenvalue weighted by Gasteiger charge is -2.29. The maximum absolute atomic E-state index is 12.6. The van der Waals surface area contributed by atoms with Crippen molar-refractivity contribution >= 4 is 18.0 Å². The van der Waals surface area contributed by atoms with Crippen LogP contribution in [0.25, 0.3) is 11.1 Å². The maximum atomic E-state index is 12.6. The summed E-state index contributed by atoms with van der Waals surface area (Å²) in [4.78, 5) is 35.7. The summed E-state index contributed by atoms with van der Waals surface area (Å²) in [6.45, 7) is 0.329. The van der Waals surface area contributed by atoms with Crippen molar-refractivity contribution in [1.29, 1.82) is 0 Å². The molecule has 0 unspecified atom stereocenters. The first-order valence-corrected chi connectivity index (χ1v) is 11.7. The molecule has 0 aliphatic heterocycles. The molecule has 2 aromatic carbocycles. The second-order valence-corrected chi connectivity index (χ2v) is 8.96. The first-order valence-electron chi connectivity index (χ1n) is 11.7. The summed E-state index contributed by atoms with van der Waals surface area (Å²) in [5.41, 5.74) is 4.64. The highest BCUT2D eigenvalue weighted by Gasteiger charge is 2.31. The lowest BCUT2D eigenvalue weighted by atomic mass is 9.85. The molecule has 0 saturated heterocycles. The third-order valence-electron chi connectivity index (χ3n) is 6.71. The van der Waals surface area contributed by atoms with E-state index in [1.54, 1.807) is 0 Å². The van der Waals surface area contributed by atoms with Crippen LogP contribution in [0, 0.1) is 5.92 Å². The Morgan fingerprint density at radius 1 is 1.00 bits per heavy atom. The molecule has 1 saturated carbocycles. The number of hydrogen-bond acceptors (Lipinski definition) is 5. The summed E-state index contributed by atoms with van der Waals surface area (Å²) < 4.78 is 5.62. The highest BCUT2D eigenvalue weighted by Crippen LogP contribution is 2.44. The fraction of sp³-hybridized carbons (Fsp3) is 0.423. The number of aliphatic hydroxyl groups is 1. The smallest absolute Gasteiger partial charge is 0.407 e. The van der Waals surface area contributed by atoms with Gasteiger partial charge in [-0.1, -0.05) is 55.0 Å². The minimum atomic E-state index is -1.49. The maximum Gasteiger partial charge on any atom is 0.407 e. The second-order valence-electron chi connectivity index (χ2n) is 8.96. The molecular formula is C26H30N2O6. The Kier molecular flexibility index (Phi) is 7.47. The lowest BCUT2D eigenvalue weighted by Crippen LogP contribution is -2.43. The molecule has 34 heavy (non-hydrogen) atoms. The number of carboxylic acid groups (broad SMARTS) is 1. The summed E-state index contributed by atoms with van der Waals surface area (Å²) >= 11 is 0. The normalized spacial score (nSPS) is 20.0. The van der Waals surface area contributed by atoms with Crippen molar-refractivity contribution in [1.82, 2.24) is 10.6 Å². The van der Waals surface area contributed by atoms with E-state index in [4.69, 9.17) is 9.84 Å².